The average Bonchev–Trinajstić information content (AvgIpc) is 3.05. The lowest BCUT2D eigenvalue weighted by Gasteiger charge is -2.34. The van der Waals surface area contributed by atoms with Crippen molar-refractivity contribution in [1.29, 1.82) is 0 Å². The van der Waals surface area contributed by atoms with E-state index in [1.807, 2.05) is 75.4 Å². The van der Waals surface area contributed by atoms with Crippen LogP contribution in [0.2, 0.25) is 0 Å². The molecule has 0 bridgehead atoms. The summed E-state index contributed by atoms with van der Waals surface area (Å²) in [6.07, 6.45) is 0.877. The van der Waals surface area contributed by atoms with Gasteiger partial charge in [-0.3, -0.25) is 24.0 Å². The molecule has 0 aliphatic heterocycles. The number of rotatable bonds is 14. The summed E-state index contributed by atoms with van der Waals surface area (Å²) in [5.74, 6) is -0.966. The van der Waals surface area contributed by atoms with Crippen molar-refractivity contribution in [3.8, 4) is 0 Å². The van der Waals surface area contributed by atoms with E-state index >= 15 is 0 Å². The number of nitrogens with zero attached hydrogens (tertiary/aromatic N) is 3. The summed E-state index contributed by atoms with van der Waals surface area (Å²) in [4.78, 5) is 40.5. The number of carbonyl (C=O) groups excluding carboxylic acids is 2. The van der Waals surface area contributed by atoms with E-state index in [0.717, 1.165) is 21.0 Å². The summed E-state index contributed by atoms with van der Waals surface area (Å²) in [6.45, 7) is 5.15. The molecule has 2 atom stereocenters. The fraction of sp³-hybridized carbons (Fsp3) is 0.257. The molecule has 2 amide bonds. The Bertz CT molecular complexity index is 1750. The number of amides is 2. The fourth-order valence-electron chi connectivity index (χ4n) is 4.99. The summed E-state index contributed by atoms with van der Waals surface area (Å²) in [5, 5.41) is 14.3. The molecule has 1 N–H and O–H groups in total. The first-order valence-corrected chi connectivity index (χ1v) is 16.4. The number of hydrogen-bond acceptors (Lipinski definition) is 6. The number of nitrogens with one attached hydrogen (secondary N) is 1. The number of sulfonamides is 1. The summed E-state index contributed by atoms with van der Waals surface area (Å²) in [5.41, 5.74) is 2.42. The monoisotopic (exact) mass is 642 g/mol. The van der Waals surface area contributed by atoms with E-state index in [0.29, 0.717) is 6.42 Å². The molecule has 0 radical (unpaired) electrons. The predicted molar refractivity (Wildman–Crippen MR) is 178 cm³/mol. The highest BCUT2D eigenvalue weighted by atomic mass is 32.2. The molecule has 10 nitrogen and oxygen atoms in total. The van der Waals surface area contributed by atoms with E-state index < -0.39 is 33.4 Å². The molecule has 0 saturated carbocycles. The molecular weight excluding hydrogens is 604 g/mol. The highest BCUT2D eigenvalue weighted by Gasteiger charge is 2.35. The van der Waals surface area contributed by atoms with Crippen molar-refractivity contribution in [2.24, 2.45) is 0 Å². The molecule has 0 aromatic heterocycles. The largest absolute Gasteiger partial charge is 0.352 e. The van der Waals surface area contributed by atoms with Gasteiger partial charge in [0.1, 0.15) is 12.6 Å². The first-order valence-electron chi connectivity index (χ1n) is 15.0. The van der Waals surface area contributed by atoms with Crippen LogP contribution in [0.1, 0.15) is 37.0 Å². The maximum absolute atomic E-state index is 14.5. The van der Waals surface area contributed by atoms with Gasteiger partial charge >= 0.3 is 0 Å². The zero-order valence-corrected chi connectivity index (χ0v) is 26.9. The molecule has 0 unspecified atom stereocenters. The lowest BCUT2D eigenvalue weighted by atomic mass is 10.0. The molecule has 0 heterocycles. The minimum atomic E-state index is -4.31. The van der Waals surface area contributed by atoms with Crippen molar-refractivity contribution in [2.45, 2.75) is 57.1 Å². The second-order valence-electron chi connectivity index (χ2n) is 11.1. The molecule has 11 heteroatoms. The SMILES string of the molecule is CC[C@H](C)NC(=O)[C@@H](Cc1ccccc1)N(Cc1cccc(C)c1)C(=O)CN(c1ccc([N+](=O)[O-])cc1)S(=O)(=O)c1ccccc1. The predicted octanol–water partition coefficient (Wildman–Crippen LogP) is 5.65. The van der Waals surface area contributed by atoms with Crippen LogP contribution in [0.15, 0.2) is 114 Å². The number of non-ortho nitro benzene ring substituents is 1. The van der Waals surface area contributed by atoms with Gasteiger partial charge in [0.05, 0.1) is 15.5 Å². The molecule has 4 aromatic carbocycles. The van der Waals surface area contributed by atoms with Crippen molar-refractivity contribution >= 4 is 33.2 Å². The Hall–Kier alpha value is -5.03. The normalized spacial score (nSPS) is 12.5. The van der Waals surface area contributed by atoms with E-state index in [2.05, 4.69) is 5.32 Å². The Balaban J connectivity index is 1.81. The molecular formula is C35H38N4O6S. The van der Waals surface area contributed by atoms with Crippen LogP contribution in [0, 0.1) is 17.0 Å². The van der Waals surface area contributed by atoms with Gasteiger partial charge in [0, 0.05) is 31.1 Å². The molecule has 4 rings (SSSR count). The minimum Gasteiger partial charge on any atom is -0.352 e. The summed E-state index contributed by atoms with van der Waals surface area (Å²) in [6, 6.07) is 28.4. The van der Waals surface area contributed by atoms with Crippen LogP contribution in [0.25, 0.3) is 0 Å². The molecule has 0 aliphatic carbocycles. The van der Waals surface area contributed by atoms with Gasteiger partial charge in [-0.1, -0.05) is 85.3 Å². The number of hydrogen-bond donors (Lipinski definition) is 1. The minimum absolute atomic E-state index is 0.0470. The highest BCUT2D eigenvalue weighted by Crippen LogP contribution is 2.27. The number of anilines is 1. The Kier molecular flexibility index (Phi) is 11.3. The summed E-state index contributed by atoms with van der Waals surface area (Å²) in [7, 11) is -4.31. The van der Waals surface area contributed by atoms with Gasteiger partial charge in [-0.2, -0.15) is 0 Å². The number of aryl methyl sites for hydroxylation is 1. The lowest BCUT2D eigenvalue weighted by Crippen LogP contribution is -2.54. The number of nitro benzene ring substituents is 1. The van der Waals surface area contributed by atoms with E-state index in [1.165, 1.54) is 41.3 Å². The van der Waals surface area contributed by atoms with Gasteiger partial charge in [-0.05, 0) is 55.7 Å². The van der Waals surface area contributed by atoms with Gasteiger partial charge in [0.15, 0.2) is 0 Å². The summed E-state index contributed by atoms with van der Waals surface area (Å²) < 4.78 is 29.0. The number of nitro groups is 1. The van der Waals surface area contributed by atoms with Crippen molar-refractivity contribution in [3.05, 3.63) is 136 Å². The zero-order valence-electron chi connectivity index (χ0n) is 26.1. The van der Waals surface area contributed by atoms with E-state index in [9.17, 15) is 28.1 Å². The van der Waals surface area contributed by atoms with Crippen molar-refractivity contribution in [3.63, 3.8) is 0 Å². The van der Waals surface area contributed by atoms with Crippen LogP contribution in [0.5, 0.6) is 0 Å². The van der Waals surface area contributed by atoms with Crippen LogP contribution >= 0.6 is 0 Å². The van der Waals surface area contributed by atoms with Crippen LogP contribution in [0.3, 0.4) is 0 Å². The van der Waals surface area contributed by atoms with E-state index in [1.54, 1.807) is 18.2 Å². The molecule has 0 fully saturated rings. The lowest BCUT2D eigenvalue weighted by molar-refractivity contribution is -0.384. The van der Waals surface area contributed by atoms with Gasteiger partial charge in [0.2, 0.25) is 11.8 Å². The molecule has 0 spiro atoms. The molecule has 0 saturated heterocycles. The Morgan fingerprint density at radius 3 is 2.07 bits per heavy atom. The van der Waals surface area contributed by atoms with Gasteiger partial charge in [-0.15, -0.1) is 0 Å². The Labute approximate surface area is 269 Å². The van der Waals surface area contributed by atoms with Crippen molar-refractivity contribution < 1.29 is 22.9 Å². The second-order valence-corrected chi connectivity index (χ2v) is 13.0. The fourth-order valence-corrected chi connectivity index (χ4v) is 6.43. The maximum Gasteiger partial charge on any atom is 0.269 e. The molecule has 240 valence electrons. The first kappa shape index (κ1) is 33.9. The van der Waals surface area contributed by atoms with Gasteiger partial charge in [-0.25, -0.2) is 8.42 Å². The quantitative estimate of drug-likeness (QED) is 0.140. The van der Waals surface area contributed by atoms with Gasteiger partial charge in [0.25, 0.3) is 15.7 Å². The molecule has 4 aromatic rings. The summed E-state index contributed by atoms with van der Waals surface area (Å²) >= 11 is 0. The van der Waals surface area contributed by atoms with Crippen molar-refractivity contribution in [2.75, 3.05) is 10.8 Å². The topological polar surface area (TPSA) is 130 Å². The smallest absolute Gasteiger partial charge is 0.269 e. The Morgan fingerprint density at radius 2 is 1.48 bits per heavy atom. The maximum atomic E-state index is 14.5. The number of carbonyl (C=O) groups is 2. The van der Waals surface area contributed by atoms with E-state index in [-0.39, 0.29) is 41.2 Å². The third-order valence-electron chi connectivity index (χ3n) is 7.67. The van der Waals surface area contributed by atoms with Crippen molar-refractivity contribution in [1.82, 2.24) is 10.2 Å². The molecule has 46 heavy (non-hydrogen) atoms. The highest BCUT2D eigenvalue weighted by molar-refractivity contribution is 7.92. The first-order chi connectivity index (χ1) is 22.0. The van der Waals surface area contributed by atoms with Crippen LogP contribution < -0.4 is 9.62 Å². The third kappa shape index (κ3) is 8.57. The standard InChI is InChI=1S/C35H38N4O6S/c1-4-27(3)36-35(41)33(23-28-13-7-5-8-14-28)37(24-29-15-11-12-26(2)22-29)34(40)25-38(30-18-20-31(21-19-30)39(42)43)46(44,45)32-16-9-6-10-17-32/h5-22,27,33H,4,23-25H2,1-3H3,(H,36,41)/t27-,33+/m0/s1. The molecule has 0 aliphatic rings. The van der Waals surface area contributed by atoms with Gasteiger partial charge < -0.3 is 10.2 Å². The second kappa shape index (κ2) is 15.3. The van der Waals surface area contributed by atoms with Crippen LogP contribution in [-0.4, -0.2) is 48.7 Å². The zero-order chi connectivity index (χ0) is 33.3. The van der Waals surface area contributed by atoms with Crippen LogP contribution in [-0.2, 0) is 32.6 Å². The Morgan fingerprint density at radius 1 is 0.870 bits per heavy atom. The van der Waals surface area contributed by atoms with Crippen LogP contribution in [0.4, 0.5) is 11.4 Å². The third-order valence-corrected chi connectivity index (χ3v) is 9.45. The average molecular weight is 643 g/mol. The number of benzene rings is 4. The van der Waals surface area contributed by atoms with E-state index in [4.69, 9.17) is 0 Å².